The number of rotatable bonds is 8. The Morgan fingerprint density at radius 1 is 1.14 bits per heavy atom. The van der Waals surface area contributed by atoms with E-state index in [2.05, 4.69) is 0 Å². The monoisotopic (exact) mass is 316 g/mol. The van der Waals surface area contributed by atoms with Crippen LogP contribution >= 0.6 is 0 Å². The first-order valence-corrected chi connectivity index (χ1v) is 7.12. The zero-order valence-corrected chi connectivity index (χ0v) is 13.4. The summed E-state index contributed by atoms with van der Waals surface area (Å²) >= 11 is 0. The van der Waals surface area contributed by atoms with Gasteiger partial charge in [0.2, 0.25) is 6.29 Å². The van der Waals surface area contributed by atoms with Crippen LogP contribution in [0.25, 0.3) is 0 Å². The second-order valence-electron chi connectivity index (χ2n) is 5.01. The molecule has 0 spiro atoms. The highest BCUT2D eigenvalue weighted by atomic mass is 16.7. The number of ether oxygens (including phenoxy) is 6. The molecule has 1 aromatic heterocycles. The van der Waals surface area contributed by atoms with Crippen molar-refractivity contribution in [3.8, 4) is 0 Å². The number of furan rings is 1. The summed E-state index contributed by atoms with van der Waals surface area (Å²) < 4.78 is 38.8. The van der Waals surface area contributed by atoms with E-state index in [1.165, 1.54) is 0 Å². The molecule has 1 fully saturated rings. The maximum Gasteiger partial charge on any atom is 0.218 e. The Kier molecular flexibility index (Phi) is 6.81. The Bertz CT molecular complexity index is 408. The summed E-state index contributed by atoms with van der Waals surface area (Å²) in [7, 11) is 6.46. The Balaban J connectivity index is 2.21. The molecule has 1 aromatic rings. The van der Waals surface area contributed by atoms with Crippen LogP contribution in [0.4, 0.5) is 0 Å². The minimum atomic E-state index is -0.638. The van der Waals surface area contributed by atoms with Gasteiger partial charge in [-0.3, -0.25) is 0 Å². The third kappa shape index (κ3) is 3.87. The summed E-state index contributed by atoms with van der Waals surface area (Å²) in [6.45, 7) is 0.755. The number of hydrogen-bond acceptors (Lipinski definition) is 7. The summed E-state index contributed by atoms with van der Waals surface area (Å²) in [5.41, 5.74) is 0. The molecule has 2 heterocycles. The number of methoxy groups -OCH3 is 4. The van der Waals surface area contributed by atoms with Gasteiger partial charge in [-0.1, -0.05) is 0 Å². The largest absolute Gasteiger partial charge is 0.464 e. The number of hydrogen-bond donors (Lipinski definition) is 0. The smallest absolute Gasteiger partial charge is 0.218 e. The molecule has 5 atom stereocenters. The molecule has 0 bridgehead atoms. The minimum absolute atomic E-state index is 0.296. The van der Waals surface area contributed by atoms with Crippen LogP contribution in [0.1, 0.15) is 12.1 Å². The van der Waals surface area contributed by atoms with Crippen molar-refractivity contribution in [2.24, 2.45) is 0 Å². The van der Waals surface area contributed by atoms with Gasteiger partial charge in [0.25, 0.3) is 0 Å². The van der Waals surface area contributed by atoms with E-state index >= 15 is 0 Å². The summed E-state index contributed by atoms with van der Waals surface area (Å²) in [6, 6.07) is 3.59. The molecule has 1 aliphatic heterocycles. The van der Waals surface area contributed by atoms with Crippen LogP contribution in [-0.4, -0.2) is 66.1 Å². The van der Waals surface area contributed by atoms with Gasteiger partial charge in [0, 0.05) is 28.4 Å². The van der Waals surface area contributed by atoms with Gasteiger partial charge in [0.15, 0.2) is 5.76 Å². The molecule has 7 heteroatoms. The Hall–Kier alpha value is -0.960. The van der Waals surface area contributed by atoms with Crippen LogP contribution in [0.5, 0.6) is 0 Å². The minimum Gasteiger partial charge on any atom is -0.464 e. The van der Waals surface area contributed by atoms with Crippen LogP contribution < -0.4 is 0 Å². The molecular formula is C15H24O7. The van der Waals surface area contributed by atoms with E-state index in [0.29, 0.717) is 19.0 Å². The molecule has 1 aliphatic rings. The zero-order valence-electron chi connectivity index (χ0n) is 13.4. The van der Waals surface area contributed by atoms with Crippen LogP contribution in [-0.2, 0) is 28.4 Å². The average molecular weight is 316 g/mol. The van der Waals surface area contributed by atoms with Gasteiger partial charge in [0.1, 0.15) is 24.4 Å². The molecule has 5 unspecified atom stereocenters. The van der Waals surface area contributed by atoms with E-state index in [9.17, 15) is 0 Å². The van der Waals surface area contributed by atoms with Crippen molar-refractivity contribution in [1.82, 2.24) is 0 Å². The van der Waals surface area contributed by atoms with Crippen molar-refractivity contribution in [3.63, 3.8) is 0 Å². The van der Waals surface area contributed by atoms with Crippen molar-refractivity contribution in [1.29, 1.82) is 0 Å². The van der Waals surface area contributed by atoms with Crippen molar-refractivity contribution in [2.75, 3.05) is 41.7 Å². The second kappa shape index (κ2) is 8.61. The molecule has 22 heavy (non-hydrogen) atoms. The predicted molar refractivity (Wildman–Crippen MR) is 76.5 cm³/mol. The van der Waals surface area contributed by atoms with Crippen LogP contribution in [0.2, 0.25) is 0 Å². The normalized spacial score (nSPS) is 30.4. The third-order valence-corrected chi connectivity index (χ3v) is 3.65. The quantitative estimate of drug-likeness (QED) is 0.717. The molecule has 0 saturated carbocycles. The van der Waals surface area contributed by atoms with Crippen LogP contribution in [0, 0.1) is 0 Å². The van der Waals surface area contributed by atoms with E-state index in [1.807, 2.05) is 0 Å². The maximum atomic E-state index is 6.01. The van der Waals surface area contributed by atoms with Gasteiger partial charge in [-0.25, -0.2) is 0 Å². The first kappa shape index (κ1) is 17.4. The van der Waals surface area contributed by atoms with E-state index < -0.39 is 6.29 Å². The molecule has 0 radical (unpaired) electrons. The molecule has 0 N–H and O–H groups in total. The lowest BCUT2D eigenvalue weighted by atomic mass is 10.0. The van der Waals surface area contributed by atoms with Gasteiger partial charge < -0.3 is 32.8 Å². The first-order chi connectivity index (χ1) is 10.7. The fourth-order valence-corrected chi connectivity index (χ4v) is 2.60. The Morgan fingerprint density at radius 3 is 2.50 bits per heavy atom. The predicted octanol–water partition coefficient (Wildman–Crippen LogP) is 1.39. The van der Waals surface area contributed by atoms with E-state index in [0.717, 1.165) is 0 Å². The summed E-state index contributed by atoms with van der Waals surface area (Å²) in [6.07, 6.45) is -0.381. The van der Waals surface area contributed by atoms with Gasteiger partial charge in [-0.2, -0.15) is 0 Å². The first-order valence-electron chi connectivity index (χ1n) is 7.12. The standard InChI is InChI=1S/C15H24O7/c1-16-8-11(18-3)14-13(19-4)12(9-17-2)21-15(22-14)10-6-5-7-20-10/h5-7,11-15H,8-9H2,1-4H3. The molecular weight excluding hydrogens is 292 g/mol. The van der Waals surface area contributed by atoms with Crippen LogP contribution in [0.3, 0.4) is 0 Å². The Morgan fingerprint density at radius 2 is 1.95 bits per heavy atom. The molecule has 2 rings (SSSR count). The highest BCUT2D eigenvalue weighted by Crippen LogP contribution is 2.33. The Labute approximate surface area is 130 Å². The van der Waals surface area contributed by atoms with E-state index in [-0.39, 0.29) is 24.4 Å². The van der Waals surface area contributed by atoms with Gasteiger partial charge >= 0.3 is 0 Å². The van der Waals surface area contributed by atoms with E-state index in [4.69, 9.17) is 32.8 Å². The van der Waals surface area contributed by atoms with Gasteiger partial charge in [-0.15, -0.1) is 0 Å². The molecule has 0 amide bonds. The van der Waals surface area contributed by atoms with Gasteiger partial charge in [0.05, 0.1) is 19.5 Å². The molecule has 7 nitrogen and oxygen atoms in total. The molecule has 1 saturated heterocycles. The molecule has 0 aromatic carbocycles. The van der Waals surface area contributed by atoms with Gasteiger partial charge in [-0.05, 0) is 12.1 Å². The zero-order chi connectivity index (χ0) is 15.9. The molecule has 0 aliphatic carbocycles. The fraction of sp³-hybridized carbons (Fsp3) is 0.733. The van der Waals surface area contributed by atoms with E-state index in [1.54, 1.807) is 46.8 Å². The highest BCUT2D eigenvalue weighted by Gasteiger charge is 2.45. The van der Waals surface area contributed by atoms with Crippen molar-refractivity contribution in [2.45, 2.75) is 30.7 Å². The van der Waals surface area contributed by atoms with Crippen molar-refractivity contribution < 1.29 is 32.8 Å². The summed E-state index contributed by atoms with van der Waals surface area (Å²) in [5, 5.41) is 0. The van der Waals surface area contributed by atoms with Crippen LogP contribution in [0.15, 0.2) is 22.8 Å². The summed E-state index contributed by atoms with van der Waals surface area (Å²) in [4.78, 5) is 0. The second-order valence-corrected chi connectivity index (χ2v) is 5.01. The highest BCUT2D eigenvalue weighted by molar-refractivity contribution is 5.02. The lowest BCUT2D eigenvalue weighted by molar-refractivity contribution is -0.321. The third-order valence-electron chi connectivity index (χ3n) is 3.65. The fourth-order valence-electron chi connectivity index (χ4n) is 2.60. The molecule has 126 valence electrons. The maximum absolute atomic E-state index is 6.01. The summed E-state index contributed by atoms with van der Waals surface area (Å²) in [5.74, 6) is 0.591. The SMILES string of the molecule is COCC1OC(c2ccco2)OC(C(COC)OC)C1OC. The lowest BCUT2D eigenvalue weighted by Crippen LogP contribution is -2.56. The van der Waals surface area contributed by atoms with Crippen molar-refractivity contribution in [3.05, 3.63) is 24.2 Å². The topological polar surface area (TPSA) is 68.5 Å². The average Bonchev–Trinajstić information content (AvgIpc) is 3.06. The van der Waals surface area contributed by atoms with Crippen molar-refractivity contribution >= 4 is 0 Å². The lowest BCUT2D eigenvalue weighted by Gasteiger charge is -2.42.